The highest BCUT2D eigenvalue weighted by Crippen LogP contribution is 2.46. The standard InChI is InChI=1S/C27H23ClN4O4S3/c1-4-36-19-12-8-6-10-17(19)21-20(22(33)24-14(2)29-15(3)38-24)23(34)25(35)32(21)26-30-31-27(39-26)37-13-16-9-5-7-11-18(16)28/h5-12,21,34H,4,13H2,1-3H3. The van der Waals surface area contributed by atoms with E-state index in [0.717, 1.165) is 5.56 Å². The summed E-state index contributed by atoms with van der Waals surface area (Å²) in [5.41, 5.74) is 2.00. The summed E-state index contributed by atoms with van der Waals surface area (Å²) in [7, 11) is 0. The van der Waals surface area contributed by atoms with E-state index < -0.39 is 23.5 Å². The number of halogens is 1. The predicted octanol–water partition coefficient (Wildman–Crippen LogP) is 6.74. The lowest BCUT2D eigenvalue weighted by atomic mass is 9.94. The van der Waals surface area contributed by atoms with Gasteiger partial charge in [-0.1, -0.05) is 71.1 Å². The van der Waals surface area contributed by atoms with Gasteiger partial charge in [0.05, 0.1) is 27.8 Å². The van der Waals surface area contributed by atoms with Crippen LogP contribution in [-0.4, -0.2) is 38.6 Å². The van der Waals surface area contributed by atoms with Crippen molar-refractivity contribution in [3.05, 3.63) is 91.6 Å². The zero-order valence-corrected chi connectivity index (χ0v) is 24.4. The molecule has 1 aliphatic rings. The lowest BCUT2D eigenvalue weighted by Crippen LogP contribution is -2.31. The maximum absolute atomic E-state index is 13.8. The van der Waals surface area contributed by atoms with E-state index >= 15 is 0 Å². The number of hydrogen-bond donors (Lipinski definition) is 1. The summed E-state index contributed by atoms with van der Waals surface area (Å²) in [6.07, 6.45) is 0. The number of aliphatic hydroxyl groups excluding tert-OH is 1. The maximum atomic E-state index is 13.8. The zero-order valence-electron chi connectivity index (χ0n) is 21.2. The molecule has 4 aromatic rings. The number of Topliss-reactive ketones (excluding diaryl/α,β-unsaturated/α-hetero) is 1. The lowest BCUT2D eigenvalue weighted by Gasteiger charge is -2.25. The third kappa shape index (κ3) is 5.31. The van der Waals surface area contributed by atoms with Gasteiger partial charge < -0.3 is 9.84 Å². The van der Waals surface area contributed by atoms with E-state index in [1.54, 1.807) is 32.0 Å². The number of ketones is 1. The Morgan fingerprint density at radius 3 is 2.59 bits per heavy atom. The van der Waals surface area contributed by atoms with Crippen LogP contribution in [-0.2, 0) is 10.5 Å². The van der Waals surface area contributed by atoms with Gasteiger partial charge in [0.25, 0.3) is 5.91 Å². The molecule has 1 unspecified atom stereocenters. The molecule has 0 saturated carbocycles. The van der Waals surface area contributed by atoms with Crippen LogP contribution >= 0.6 is 46.0 Å². The highest BCUT2D eigenvalue weighted by molar-refractivity contribution is 8.00. The number of carbonyl (C=O) groups excluding carboxylic acids is 2. The van der Waals surface area contributed by atoms with Crippen molar-refractivity contribution in [2.24, 2.45) is 0 Å². The van der Waals surface area contributed by atoms with E-state index in [0.29, 0.717) is 48.6 Å². The number of nitrogens with zero attached hydrogens (tertiary/aromatic N) is 4. The summed E-state index contributed by atoms with van der Waals surface area (Å²) in [5, 5.41) is 21.3. The van der Waals surface area contributed by atoms with Crippen LogP contribution in [0.1, 0.15) is 44.5 Å². The molecule has 3 heterocycles. The molecule has 200 valence electrons. The minimum Gasteiger partial charge on any atom is -0.503 e. The molecule has 2 aromatic heterocycles. The maximum Gasteiger partial charge on any atom is 0.296 e. The quantitative estimate of drug-likeness (QED) is 0.128. The van der Waals surface area contributed by atoms with Gasteiger partial charge in [0.15, 0.2) is 10.1 Å². The van der Waals surface area contributed by atoms with Crippen molar-refractivity contribution in [2.75, 3.05) is 11.5 Å². The van der Waals surface area contributed by atoms with E-state index in [-0.39, 0.29) is 10.7 Å². The molecule has 5 rings (SSSR count). The highest BCUT2D eigenvalue weighted by atomic mass is 35.5. The number of aryl methyl sites for hydroxylation is 2. The van der Waals surface area contributed by atoms with Gasteiger partial charge in [0.2, 0.25) is 10.9 Å². The summed E-state index contributed by atoms with van der Waals surface area (Å²) in [4.78, 5) is 33.5. The van der Waals surface area contributed by atoms with Gasteiger partial charge in [-0.15, -0.1) is 21.5 Å². The van der Waals surface area contributed by atoms with Gasteiger partial charge in [-0.2, -0.15) is 0 Å². The second-order valence-corrected chi connectivity index (χ2v) is 12.3. The number of benzene rings is 2. The molecule has 0 radical (unpaired) electrons. The summed E-state index contributed by atoms with van der Waals surface area (Å²) < 4.78 is 6.47. The molecule has 2 aromatic carbocycles. The number of anilines is 1. The third-order valence-electron chi connectivity index (χ3n) is 5.99. The van der Waals surface area contributed by atoms with Crippen LogP contribution in [0.3, 0.4) is 0 Å². The van der Waals surface area contributed by atoms with Gasteiger partial charge in [-0.25, -0.2) is 4.98 Å². The van der Waals surface area contributed by atoms with E-state index in [9.17, 15) is 14.7 Å². The summed E-state index contributed by atoms with van der Waals surface area (Å²) in [6, 6.07) is 13.7. The van der Waals surface area contributed by atoms with Crippen LogP contribution in [0, 0.1) is 13.8 Å². The number of thiazole rings is 1. The smallest absolute Gasteiger partial charge is 0.296 e. The molecular weight excluding hydrogens is 576 g/mol. The highest BCUT2D eigenvalue weighted by Gasteiger charge is 2.47. The van der Waals surface area contributed by atoms with Crippen molar-refractivity contribution in [1.82, 2.24) is 15.2 Å². The van der Waals surface area contributed by atoms with Gasteiger partial charge >= 0.3 is 0 Å². The van der Waals surface area contributed by atoms with Crippen LogP contribution in [0.5, 0.6) is 5.75 Å². The molecular formula is C27H23ClN4O4S3. The predicted molar refractivity (Wildman–Crippen MR) is 154 cm³/mol. The van der Waals surface area contributed by atoms with E-state index in [1.165, 1.54) is 39.3 Å². The third-order valence-corrected chi connectivity index (χ3v) is 9.53. The fourth-order valence-corrected chi connectivity index (χ4v) is 7.33. The molecule has 8 nitrogen and oxygen atoms in total. The molecule has 0 aliphatic carbocycles. The Morgan fingerprint density at radius 2 is 1.87 bits per heavy atom. The number of thioether (sulfide) groups is 1. The monoisotopic (exact) mass is 598 g/mol. The van der Waals surface area contributed by atoms with E-state index in [2.05, 4.69) is 15.2 Å². The number of amides is 1. The summed E-state index contributed by atoms with van der Waals surface area (Å²) >= 11 is 10.1. The number of aromatic nitrogens is 3. The first-order chi connectivity index (χ1) is 18.8. The molecule has 12 heteroatoms. The molecule has 1 atom stereocenters. The number of carbonyl (C=O) groups is 2. The number of hydrogen-bond acceptors (Lipinski definition) is 10. The largest absolute Gasteiger partial charge is 0.503 e. The van der Waals surface area contributed by atoms with Gasteiger partial charge in [0, 0.05) is 16.3 Å². The Balaban J connectivity index is 1.55. The SMILES string of the molecule is CCOc1ccccc1C1C(C(=O)c2sc(C)nc2C)=C(O)C(=O)N1c1nnc(SCc2ccccc2Cl)s1. The first kappa shape index (κ1) is 27.3. The fraction of sp³-hybridized carbons (Fsp3) is 0.222. The van der Waals surface area contributed by atoms with E-state index in [4.69, 9.17) is 16.3 Å². The Kier molecular flexibility index (Phi) is 8.03. The van der Waals surface area contributed by atoms with Crippen LogP contribution in [0.2, 0.25) is 5.02 Å². The van der Waals surface area contributed by atoms with Crippen molar-refractivity contribution in [2.45, 2.75) is 36.9 Å². The average Bonchev–Trinajstić information content (AvgIpc) is 3.59. The van der Waals surface area contributed by atoms with Crippen LogP contribution in [0.25, 0.3) is 0 Å². The fourth-order valence-electron chi connectivity index (χ4n) is 4.30. The Labute approximate surface area is 242 Å². The van der Waals surface area contributed by atoms with Crippen LogP contribution < -0.4 is 9.64 Å². The molecule has 0 fully saturated rings. The Bertz CT molecular complexity index is 1600. The normalized spacial score (nSPS) is 15.3. The molecule has 0 saturated heterocycles. The van der Waals surface area contributed by atoms with Crippen LogP contribution in [0.4, 0.5) is 5.13 Å². The van der Waals surface area contributed by atoms with Gasteiger partial charge in [0.1, 0.15) is 11.8 Å². The van der Waals surface area contributed by atoms with Gasteiger partial charge in [-0.3, -0.25) is 14.5 Å². The molecule has 39 heavy (non-hydrogen) atoms. The minimum absolute atomic E-state index is 0.0422. The summed E-state index contributed by atoms with van der Waals surface area (Å²) in [6.45, 7) is 5.77. The number of aliphatic hydroxyl groups is 1. The number of rotatable bonds is 9. The Hall–Kier alpha value is -3.25. The van der Waals surface area contributed by atoms with Crippen molar-refractivity contribution in [3.8, 4) is 5.75 Å². The first-order valence-corrected chi connectivity index (χ1v) is 15.0. The molecule has 0 spiro atoms. The van der Waals surface area contributed by atoms with Crippen LogP contribution in [0.15, 0.2) is 64.2 Å². The second kappa shape index (κ2) is 11.5. The average molecular weight is 599 g/mol. The van der Waals surface area contributed by atoms with Crippen molar-refractivity contribution in [1.29, 1.82) is 0 Å². The lowest BCUT2D eigenvalue weighted by molar-refractivity contribution is -0.117. The summed E-state index contributed by atoms with van der Waals surface area (Å²) in [5.74, 6) is -0.746. The molecule has 1 aliphatic heterocycles. The molecule has 0 bridgehead atoms. The number of ether oxygens (including phenoxy) is 1. The van der Waals surface area contributed by atoms with Crippen molar-refractivity contribution < 1.29 is 19.4 Å². The minimum atomic E-state index is -0.969. The van der Waals surface area contributed by atoms with E-state index in [1.807, 2.05) is 37.3 Å². The zero-order chi connectivity index (χ0) is 27.7. The number of para-hydroxylation sites is 1. The first-order valence-electron chi connectivity index (χ1n) is 12.0. The van der Waals surface area contributed by atoms with Crippen molar-refractivity contribution >= 4 is 62.9 Å². The second-order valence-electron chi connectivity index (χ2n) is 8.52. The molecule has 1 N–H and O–H groups in total. The van der Waals surface area contributed by atoms with Gasteiger partial charge in [-0.05, 0) is 38.5 Å². The Morgan fingerprint density at radius 1 is 1.13 bits per heavy atom. The molecule has 1 amide bonds. The topological polar surface area (TPSA) is 106 Å². The van der Waals surface area contributed by atoms with Crippen molar-refractivity contribution in [3.63, 3.8) is 0 Å².